The maximum Gasteiger partial charge on any atom is 0.323 e. The number of aliphatic carboxylic acids is 1. The number of fused-ring (bicyclic) bond motifs is 2. The van der Waals surface area contributed by atoms with Crippen molar-refractivity contribution in [3.63, 3.8) is 0 Å². The van der Waals surface area contributed by atoms with Gasteiger partial charge in [-0.2, -0.15) is 0 Å². The summed E-state index contributed by atoms with van der Waals surface area (Å²) in [6, 6.07) is 0.777. The van der Waals surface area contributed by atoms with Crippen LogP contribution in [0.3, 0.4) is 0 Å². The highest BCUT2D eigenvalue weighted by molar-refractivity contribution is 5.78. The van der Waals surface area contributed by atoms with Gasteiger partial charge in [0.1, 0.15) is 5.54 Å². The molecule has 4 nitrogen and oxygen atoms in total. The molecule has 3 N–H and O–H groups in total. The fourth-order valence-corrected chi connectivity index (χ4v) is 2.68. The lowest BCUT2D eigenvalue weighted by atomic mass is 9.84. The van der Waals surface area contributed by atoms with Crippen LogP contribution >= 0.6 is 0 Å². The average molecular weight is 184 g/mol. The van der Waals surface area contributed by atoms with Crippen LogP contribution in [0, 0.1) is 0 Å². The van der Waals surface area contributed by atoms with E-state index in [1.165, 1.54) is 0 Å². The Balaban J connectivity index is 2.19. The standard InChI is InChI=1S/C9H16N2O2/c1-11-6-2-3-7(11)5-9(10,4-6)8(12)13/h6-7H,2-5,10H2,1H3,(H,12,13)/t6-,7-/m0/s1. The Morgan fingerprint density at radius 3 is 2.31 bits per heavy atom. The smallest absolute Gasteiger partial charge is 0.323 e. The van der Waals surface area contributed by atoms with Crippen LogP contribution in [0.4, 0.5) is 0 Å². The van der Waals surface area contributed by atoms with Crippen LogP contribution in [0.1, 0.15) is 25.7 Å². The largest absolute Gasteiger partial charge is 0.480 e. The van der Waals surface area contributed by atoms with Crippen LogP contribution in [0.5, 0.6) is 0 Å². The third-order valence-corrected chi connectivity index (χ3v) is 3.61. The molecule has 4 heteroatoms. The molecule has 0 aromatic rings. The lowest BCUT2D eigenvalue weighted by Crippen LogP contribution is -2.58. The van der Waals surface area contributed by atoms with Crippen molar-refractivity contribution in [2.75, 3.05) is 7.05 Å². The lowest BCUT2D eigenvalue weighted by molar-refractivity contribution is -0.146. The van der Waals surface area contributed by atoms with Crippen LogP contribution in [0.25, 0.3) is 0 Å². The summed E-state index contributed by atoms with van der Waals surface area (Å²) in [5, 5.41) is 9.00. The van der Waals surface area contributed by atoms with Crippen molar-refractivity contribution in [3.05, 3.63) is 0 Å². The predicted molar refractivity (Wildman–Crippen MR) is 48.4 cm³/mol. The van der Waals surface area contributed by atoms with Crippen molar-refractivity contribution < 1.29 is 9.90 Å². The van der Waals surface area contributed by atoms with E-state index < -0.39 is 11.5 Å². The van der Waals surface area contributed by atoms with Crippen molar-refractivity contribution in [2.24, 2.45) is 5.73 Å². The number of rotatable bonds is 1. The summed E-state index contributed by atoms with van der Waals surface area (Å²) in [7, 11) is 2.07. The Kier molecular flexibility index (Phi) is 1.85. The number of hydrogen-bond donors (Lipinski definition) is 2. The predicted octanol–water partition coefficient (Wildman–Crippen LogP) is 0.0251. The first kappa shape index (κ1) is 8.97. The third-order valence-electron chi connectivity index (χ3n) is 3.61. The molecule has 74 valence electrons. The number of carboxylic acids is 1. The summed E-state index contributed by atoms with van der Waals surface area (Å²) < 4.78 is 0. The van der Waals surface area contributed by atoms with E-state index >= 15 is 0 Å². The van der Waals surface area contributed by atoms with Crippen LogP contribution in [0.2, 0.25) is 0 Å². The Morgan fingerprint density at radius 2 is 1.92 bits per heavy atom. The van der Waals surface area contributed by atoms with E-state index in [2.05, 4.69) is 11.9 Å². The van der Waals surface area contributed by atoms with E-state index in [9.17, 15) is 4.79 Å². The Morgan fingerprint density at radius 1 is 1.46 bits per heavy atom. The molecule has 2 rings (SSSR count). The van der Waals surface area contributed by atoms with Gasteiger partial charge in [0.2, 0.25) is 0 Å². The van der Waals surface area contributed by atoms with Crippen molar-refractivity contribution in [2.45, 2.75) is 43.3 Å². The number of nitrogens with zero attached hydrogens (tertiary/aromatic N) is 1. The van der Waals surface area contributed by atoms with Gasteiger partial charge in [0.15, 0.2) is 0 Å². The molecule has 2 fully saturated rings. The molecule has 2 atom stereocenters. The molecule has 13 heavy (non-hydrogen) atoms. The molecule has 2 aliphatic rings. The summed E-state index contributed by atoms with van der Waals surface area (Å²) in [6.45, 7) is 0. The van der Waals surface area contributed by atoms with Crippen molar-refractivity contribution in [1.29, 1.82) is 0 Å². The van der Waals surface area contributed by atoms with Crippen molar-refractivity contribution in [3.8, 4) is 0 Å². The van der Waals surface area contributed by atoms with E-state index in [1.807, 2.05) is 0 Å². The molecular weight excluding hydrogens is 168 g/mol. The van der Waals surface area contributed by atoms with E-state index in [-0.39, 0.29) is 0 Å². The first-order chi connectivity index (χ1) is 6.03. The molecule has 0 saturated carbocycles. The maximum atomic E-state index is 11.0. The van der Waals surface area contributed by atoms with E-state index in [4.69, 9.17) is 10.8 Å². The fourth-order valence-electron chi connectivity index (χ4n) is 2.68. The molecule has 0 aromatic carbocycles. The lowest BCUT2D eigenvalue weighted by Gasteiger charge is -2.40. The molecule has 0 aliphatic carbocycles. The van der Waals surface area contributed by atoms with Gasteiger partial charge in [-0.1, -0.05) is 0 Å². The molecule has 2 saturated heterocycles. The fraction of sp³-hybridized carbons (Fsp3) is 0.889. The minimum atomic E-state index is -0.960. The van der Waals surface area contributed by atoms with Crippen LogP contribution in [0.15, 0.2) is 0 Å². The Hall–Kier alpha value is -0.610. The molecule has 2 bridgehead atoms. The number of carbonyl (C=O) groups is 1. The number of piperidine rings is 1. The van der Waals surface area contributed by atoms with Gasteiger partial charge in [0.05, 0.1) is 0 Å². The SMILES string of the molecule is CN1[C@H]2CC[C@H]1CC(N)(C(=O)O)C2. The van der Waals surface area contributed by atoms with Gasteiger partial charge in [0.25, 0.3) is 0 Å². The second-order valence-electron chi connectivity index (χ2n) is 4.42. The van der Waals surface area contributed by atoms with E-state index in [0.29, 0.717) is 24.9 Å². The zero-order valence-corrected chi connectivity index (χ0v) is 7.86. The normalized spacial score (nSPS) is 45.1. The van der Waals surface area contributed by atoms with Crippen molar-refractivity contribution >= 4 is 5.97 Å². The number of carboxylic acid groups (broad SMARTS) is 1. The molecule has 0 unspecified atom stereocenters. The van der Waals surface area contributed by atoms with Gasteiger partial charge in [-0.15, -0.1) is 0 Å². The zero-order chi connectivity index (χ0) is 9.64. The molecular formula is C9H16N2O2. The van der Waals surface area contributed by atoms with Gasteiger partial charge in [0, 0.05) is 12.1 Å². The molecule has 0 aromatic heterocycles. The summed E-state index contributed by atoms with van der Waals surface area (Å²) in [5.41, 5.74) is 4.90. The summed E-state index contributed by atoms with van der Waals surface area (Å²) in [4.78, 5) is 13.2. The monoisotopic (exact) mass is 184 g/mol. The van der Waals surface area contributed by atoms with Crippen LogP contribution in [-0.2, 0) is 4.79 Å². The quantitative estimate of drug-likeness (QED) is 0.603. The average Bonchev–Trinajstić information content (AvgIpc) is 2.33. The highest BCUT2D eigenvalue weighted by Gasteiger charge is 2.48. The minimum absolute atomic E-state index is 0.389. The summed E-state index contributed by atoms with van der Waals surface area (Å²) in [6.07, 6.45) is 3.42. The molecule has 0 amide bonds. The van der Waals surface area contributed by atoms with Crippen molar-refractivity contribution in [1.82, 2.24) is 4.90 Å². The minimum Gasteiger partial charge on any atom is -0.480 e. The Labute approximate surface area is 77.7 Å². The van der Waals surface area contributed by atoms with Crippen LogP contribution < -0.4 is 5.73 Å². The summed E-state index contributed by atoms with van der Waals surface area (Å²) in [5.74, 6) is -0.836. The second-order valence-corrected chi connectivity index (χ2v) is 4.42. The first-order valence-corrected chi connectivity index (χ1v) is 4.77. The highest BCUT2D eigenvalue weighted by atomic mass is 16.4. The third kappa shape index (κ3) is 1.25. The topological polar surface area (TPSA) is 66.6 Å². The first-order valence-electron chi connectivity index (χ1n) is 4.77. The van der Waals surface area contributed by atoms with E-state index in [1.54, 1.807) is 0 Å². The second kappa shape index (κ2) is 2.69. The molecule has 0 radical (unpaired) electrons. The number of hydrogen-bond acceptors (Lipinski definition) is 3. The van der Waals surface area contributed by atoms with Gasteiger partial charge >= 0.3 is 5.97 Å². The molecule has 2 aliphatic heterocycles. The van der Waals surface area contributed by atoms with Gasteiger partial charge < -0.3 is 15.7 Å². The zero-order valence-electron chi connectivity index (χ0n) is 7.86. The van der Waals surface area contributed by atoms with Gasteiger partial charge in [-0.3, -0.25) is 4.79 Å². The Bertz CT molecular complexity index is 228. The maximum absolute atomic E-state index is 11.0. The highest BCUT2D eigenvalue weighted by Crippen LogP contribution is 2.38. The summed E-state index contributed by atoms with van der Waals surface area (Å²) >= 11 is 0. The van der Waals surface area contributed by atoms with E-state index in [0.717, 1.165) is 12.8 Å². The van der Waals surface area contributed by atoms with Gasteiger partial charge in [-0.05, 0) is 32.7 Å². The van der Waals surface area contributed by atoms with Gasteiger partial charge in [-0.25, -0.2) is 0 Å². The number of nitrogens with two attached hydrogens (primary N) is 1. The van der Waals surface area contributed by atoms with Crippen LogP contribution in [-0.4, -0.2) is 40.6 Å². The molecule has 0 spiro atoms. The molecule has 2 heterocycles.